The van der Waals surface area contributed by atoms with E-state index >= 15 is 0 Å². The predicted molar refractivity (Wildman–Crippen MR) is 77.3 cm³/mol. The number of nitrogens with two attached hydrogens (primary N) is 1. The maximum absolute atomic E-state index is 5.43. The minimum absolute atomic E-state index is 0.412. The lowest BCUT2D eigenvalue weighted by molar-refractivity contribution is 0.310. The molecular formula is C14H15N5O2. The van der Waals surface area contributed by atoms with Crippen LogP contribution in [-0.2, 0) is 0 Å². The van der Waals surface area contributed by atoms with Gasteiger partial charge in [-0.15, -0.1) is 15.3 Å². The second-order valence-corrected chi connectivity index (χ2v) is 4.33. The molecular weight excluding hydrogens is 270 g/mol. The summed E-state index contributed by atoms with van der Waals surface area (Å²) in [6.07, 6.45) is 0. The van der Waals surface area contributed by atoms with Gasteiger partial charge in [0.2, 0.25) is 5.88 Å². The monoisotopic (exact) mass is 285 g/mol. The number of aromatic nitrogens is 4. The van der Waals surface area contributed by atoms with Crippen molar-refractivity contribution in [3.05, 3.63) is 36.4 Å². The first kappa shape index (κ1) is 13.3. The zero-order chi connectivity index (χ0) is 14.7. The Kier molecular flexibility index (Phi) is 3.65. The minimum atomic E-state index is 0.412. The Hall–Kier alpha value is -2.67. The fourth-order valence-corrected chi connectivity index (χ4v) is 1.95. The van der Waals surface area contributed by atoms with Gasteiger partial charge >= 0.3 is 0 Å². The molecule has 0 bridgehead atoms. The molecule has 0 saturated carbocycles. The van der Waals surface area contributed by atoms with Crippen LogP contribution in [0.25, 0.3) is 17.0 Å². The number of methoxy groups -OCH3 is 1. The summed E-state index contributed by atoms with van der Waals surface area (Å²) in [6, 6.07) is 11.1. The summed E-state index contributed by atoms with van der Waals surface area (Å²) >= 11 is 0. The standard InChI is InChI=1S/C14H15N5O2/c1-20-11-4-2-3-10(9-11)14-17-16-12-5-6-13(18-19(12)14)21-8-7-15/h2-6,9H,7-8,15H2,1H3. The lowest BCUT2D eigenvalue weighted by atomic mass is 10.2. The van der Waals surface area contributed by atoms with Crippen molar-refractivity contribution in [1.29, 1.82) is 0 Å². The molecule has 0 atom stereocenters. The topological polar surface area (TPSA) is 87.6 Å². The summed E-state index contributed by atoms with van der Waals surface area (Å²) in [6.45, 7) is 0.847. The zero-order valence-corrected chi connectivity index (χ0v) is 11.6. The van der Waals surface area contributed by atoms with E-state index in [0.29, 0.717) is 30.5 Å². The Morgan fingerprint density at radius 2 is 2.10 bits per heavy atom. The highest BCUT2D eigenvalue weighted by atomic mass is 16.5. The lowest BCUT2D eigenvalue weighted by Crippen LogP contribution is -2.12. The van der Waals surface area contributed by atoms with E-state index in [1.807, 2.05) is 24.3 Å². The zero-order valence-electron chi connectivity index (χ0n) is 11.6. The molecule has 0 radical (unpaired) electrons. The smallest absolute Gasteiger partial charge is 0.231 e. The Morgan fingerprint density at radius 1 is 1.19 bits per heavy atom. The third kappa shape index (κ3) is 2.63. The number of fused-ring (bicyclic) bond motifs is 1. The van der Waals surface area contributed by atoms with Gasteiger partial charge in [0.05, 0.1) is 7.11 Å². The molecule has 21 heavy (non-hydrogen) atoms. The van der Waals surface area contributed by atoms with Crippen LogP contribution in [0.3, 0.4) is 0 Å². The maximum Gasteiger partial charge on any atom is 0.231 e. The number of benzene rings is 1. The Bertz CT molecular complexity index is 756. The van der Waals surface area contributed by atoms with Gasteiger partial charge in [-0.05, 0) is 18.2 Å². The highest BCUT2D eigenvalue weighted by Gasteiger charge is 2.11. The average Bonchev–Trinajstić information content (AvgIpc) is 2.96. The van der Waals surface area contributed by atoms with E-state index in [2.05, 4.69) is 15.3 Å². The van der Waals surface area contributed by atoms with Crippen LogP contribution >= 0.6 is 0 Å². The van der Waals surface area contributed by atoms with E-state index in [-0.39, 0.29) is 0 Å². The fourth-order valence-electron chi connectivity index (χ4n) is 1.95. The summed E-state index contributed by atoms with van der Waals surface area (Å²) in [4.78, 5) is 0. The number of ether oxygens (including phenoxy) is 2. The first-order valence-electron chi connectivity index (χ1n) is 6.51. The van der Waals surface area contributed by atoms with Gasteiger partial charge in [0, 0.05) is 18.2 Å². The first-order chi connectivity index (χ1) is 10.3. The molecule has 2 heterocycles. The first-order valence-corrected chi connectivity index (χ1v) is 6.51. The molecule has 1 aromatic carbocycles. The molecule has 3 aromatic rings. The van der Waals surface area contributed by atoms with E-state index in [9.17, 15) is 0 Å². The van der Waals surface area contributed by atoms with Crippen molar-refractivity contribution in [2.24, 2.45) is 5.73 Å². The Morgan fingerprint density at radius 3 is 2.90 bits per heavy atom. The second-order valence-electron chi connectivity index (χ2n) is 4.33. The fraction of sp³-hybridized carbons (Fsp3) is 0.214. The van der Waals surface area contributed by atoms with Crippen molar-refractivity contribution in [2.75, 3.05) is 20.3 Å². The van der Waals surface area contributed by atoms with Crippen molar-refractivity contribution in [1.82, 2.24) is 19.8 Å². The van der Waals surface area contributed by atoms with Crippen molar-refractivity contribution in [2.45, 2.75) is 0 Å². The molecule has 7 heteroatoms. The maximum atomic E-state index is 5.43. The minimum Gasteiger partial charge on any atom is -0.497 e. The molecule has 0 unspecified atom stereocenters. The molecule has 0 fully saturated rings. The van der Waals surface area contributed by atoms with Crippen molar-refractivity contribution in [3.8, 4) is 23.0 Å². The van der Waals surface area contributed by atoms with Crippen LogP contribution in [0.15, 0.2) is 36.4 Å². The average molecular weight is 285 g/mol. The van der Waals surface area contributed by atoms with Gasteiger partial charge in [-0.1, -0.05) is 12.1 Å². The summed E-state index contributed by atoms with van der Waals surface area (Å²) in [5.41, 5.74) is 6.94. The number of hydrogen-bond donors (Lipinski definition) is 1. The molecule has 0 amide bonds. The number of hydrogen-bond acceptors (Lipinski definition) is 6. The van der Waals surface area contributed by atoms with Crippen molar-refractivity contribution in [3.63, 3.8) is 0 Å². The second kappa shape index (κ2) is 5.76. The van der Waals surface area contributed by atoms with E-state index < -0.39 is 0 Å². The Labute approximate surface area is 121 Å². The normalized spacial score (nSPS) is 10.8. The highest BCUT2D eigenvalue weighted by Crippen LogP contribution is 2.23. The molecule has 108 valence electrons. The van der Waals surface area contributed by atoms with Crippen LogP contribution < -0.4 is 15.2 Å². The van der Waals surface area contributed by atoms with Gasteiger partial charge in [0.1, 0.15) is 12.4 Å². The predicted octanol–water partition coefficient (Wildman–Crippen LogP) is 1.14. The van der Waals surface area contributed by atoms with E-state index in [4.69, 9.17) is 15.2 Å². The van der Waals surface area contributed by atoms with Gasteiger partial charge in [-0.3, -0.25) is 0 Å². The van der Waals surface area contributed by atoms with Gasteiger partial charge in [0.25, 0.3) is 0 Å². The largest absolute Gasteiger partial charge is 0.497 e. The van der Waals surface area contributed by atoms with Crippen LogP contribution in [0.5, 0.6) is 11.6 Å². The molecule has 3 rings (SSSR count). The van der Waals surface area contributed by atoms with Crippen LogP contribution in [0.2, 0.25) is 0 Å². The molecule has 2 N–H and O–H groups in total. The van der Waals surface area contributed by atoms with Gasteiger partial charge < -0.3 is 15.2 Å². The van der Waals surface area contributed by atoms with E-state index in [1.54, 1.807) is 23.8 Å². The molecule has 0 spiro atoms. The highest BCUT2D eigenvalue weighted by molar-refractivity contribution is 5.60. The summed E-state index contributed by atoms with van der Waals surface area (Å²) in [5, 5.41) is 12.7. The lowest BCUT2D eigenvalue weighted by Gasteiger charge is -2.05. The third-order valence-electron chi connectivity index (χ3n) is 2.93. The van der Waals surface area contributed by atoms with Crippen LogP contribution in [0.1, 0.15) is 0 Å². The summed E-state index contributed by atoms with van der Waals surface area (Å²) < 4.78 is 12.3. The van der Waals surface area contributed by atoms with E-state index in [1.165, 1.54) is 0 Å². The summed E-state index contributed by atoms with van der Waals surface area (Å²) in [7, 11) is 1.62. The molecule has 0 aliphatic rings. The van der Waals surface area contributed by atoms with Crippen LogP contribution in [0, 0.1) is 0 Å². The SMILES string of the molecule is COc1cccc(-c2nnc3ccc(OCCN)nn23)c1. The van der Waals surface area contributed by atoms with Crippen molar-refractivity contribution < 1.29 is 9.47 Å². The molecule has 2 aromatic heterocycles. The van der Waals surface area contributed by atoms with Gasteiger partial charge in [-0.25, -0.2) is 0 Å². The van der Waals surface area contributed by atoms with Gasteiger partial charge in [-0.2, -0.15) is 4.52 Å². The third-order valence-corrected chi connectivity index (χ3v) is 2.93. The molecule has 0 aliphatic heterocycles. The number of rotatable bonds is 5. The molecule has 0 saturated heterocycles. The van der Waals surface area contributed by atoms with E-state index in [0.717, 1.165) is 11.3 Å². The molecule has 0 aliphatic carbocycles. The summed E-state index contributed by atoms with van der Waals surface area (Å²) in [5.74, 6) is 1.86. The van der Waals surface area contributed by atoms with Crippen LogP contribution in [0.4, 0.5) is 0 Å². The van der Waals surface area contributed by atoms with Crippen LogP contribution in [-0.4, -0.2) is 40.1 Å². The Balaban J connectivity index is 2.05. The molecule has 7 nitrogen and oxygen atoms in total. The number of nitrogens with zero attached hydrogens (tertiary/aromatic N) is 4. The van der Waals surface area contributed by atoms with Crippen molar-refractivity contribution >= 4 is 5.65 Å². The quantitative estimate of drug-likeness (QED) is 0.756. The van der Waals surface area contributed by atoms with Gasteiger partial charge in [0.15, 0.2) is 11.5 Å².